The van der Waals surface area contributed by atoms with Crippen LogP contribution >= 0.6 is 0 Å². The molecule has 3 aromatic rings. The van der Waals surface area contributed by atoms with E-state index in [-0.39, 0.29) is 18.8 Å². The average molecular weight is 485 g/mol. The molecule has 2 amide bonds. The molecule has 2 aromatic carbocycles. The lowest BCUT2D eigenvalue weighted by atomic mass is 10.1. The van der Waals surface area contributed by atoms with Crippen molar-refractivity contribution < 1.29 is 27.9 Å². The predicted molar refractivity (Wildman–Crippen MR) is 122 cm³/mol. The largest absolute Gasteiger partial charge is 0.503 e. The second-order valence-corrected chi connectivity index (χ2v) is 8.13. The number of hydrogen-bond acceptors (Lipinski definition) is 4. The number of nitrogens with zero attached hydrogens (tertiary/aromatic N) is 2. The van der Waals surface area contributed by atoms with Gasteiger partial charge < -0.3 is 19.9 Å². The van der Waals surface area contributed by atoms with Gasteiger partial charge in [-0.3, -0.25) is 14.4 Å². The fourth-order valence-corrected chi connectivity index (χ4v) is 4.14. The second kappa shape index (κ2) is 9.65. The second-order valence-electron chi connectivity index (χ2n) is 8.13. The molecule has 0 spiro atoms. The maximum absolute atomic E-state index is 13.8. The van der Waals surface area contributed by atoms with Crippen LogP contribution in [0, 0.1) is 17.5 Å². The van der Waals surface area contributed by atoms with Gasteiger partial charge in [0.15, 0.2) is 11.4 Å². The number of fused-ring (bicyclic) bond motifs is 1. The summed E-state index contributed by atoms with van der Waals surface area (Å²) in [4.78, 5) is 40.1. The molecule has 1 aliphatic heterocycles. The summed E-state index contributed by atoms with van der Waals surface area (Å²) in [5, 5.41) is 12.8. The van der Waals surface area contributed by atoms with Crippen molar-refractivity contribution in [2.24, 2.45) is 0 Å². The zero-order chi connectivity index (χ0) is 25.3. The first-order valence-corrected chi connectivity index (χ1v) is 11.0. The standard InChI is InChI=1S/C25H22F3N3O4/c1-2-5-14-6-3-4-7-20(14)31-9-8-30-13-17(22(32)23(33)21(30)25(31)35)24(34)29-12-16-18(27)10-15(26)11-19(16)28/h3-4,6-7,10-11,13,33H,2,5,8-9,12H2,1H3,(H,29,34). The van der Waals surface area contributed by atoms with Crippen molar-refractivity contribution in [2.75, 3.05) is 11.4 Å². The van der Waals surface area contributed by atoms with Crippen LogP contribution in [0.25, 0.3) is 0 Å². The number of amides is 2. The van der Waals surface area contributed by atoms with Crippen molar-refractivity contribution in [3.63, 3.8) is 0 Å². The normalized spacial score (nSPS) is 13.0. The zero-order valence-corrected chi connectivity index (χ0v) is 18.8. The lowest BCUT2D eigenvalue weighted by Crippen LogP contribution is -2.43. The molecule has 182 valence electrons. The number of benzene rings is 2. The molecular formula is C25H22F3N3O4. The van der Waals surface area contributed by atoms with E-state index >= 15 is 0 Å². The molecule has 0 saturated carbocycles. The quantitative estimate of drug-likeness (QED) is 0.559. The molecule has 2 heterocycles. The van der Waals surface area contributed by atoms with Gasteiger partial charge in [0.2, 0.25) is 5.43 Å². The molecule has 7 nitrogen and oxygen atoms in total. The van der Waals surface area contributed by atoms with E-state index in [4.69, 9.17) is 0 Å². The molecule has 0 saturated heterocycles. The van der Waals surface area contributed by atoms with E-state index in [1.54, 1.807) is 12.1 Å². The molecule has 0 atom stereocenters. The molecule has 1 aliphatic rings. The smallest absolute Gasteiger partial charge is 0.278 e. The summed E-state index contributed by atoms with van der Waals surface area (Å²) in [6.45, 7) is 1.79. The summed E-state index contributed by atoms with van der Waals surface area (Å²) in [5.74, 6) is -5.98. The van der Waals surface area contributed by atoms with Crippen LogP contribution in [0.2, 0.25) is 0 Å². The molecule has 2 N–H and O–H groups in total. The number of hydrogen-bond donors (Lipinski definition) is 2. The van der Waals surface area contributed by atoms with E-state index in [0.717, 1.165) is 24.6 Å². The van der Waals surface area contributed by atoms with Crippen LogP contribution in [0.5, 0.6) is 5.75 Å². The number of rotatable bonds is 6. The van der Waals surface area contributed by atoms with Gasteiger partial charge in [-0.1, -0.05) is 31.5 Å². The monoisotopic (exact) mass is 485 g/mol. The van der Waals surface area contributed by atoms with Gasteiger partial charge in [0.1, 0.15) is 23.0 Å². The summed E-state index contributed by atoms with van der Waals surface area (Å²) in [5.41, 5.74) is -0.788. The molecule has 4 rings (SSSR count). The molecule has 0 bridgehead atoms. The van der Waals surface area contributed by atoms with E-state index in [0.29, 0.717) is 17.8 Å². The summed E-state index contributed by atoms with van der Waals surface area (Å²) in [7, 11) is 0. The number of aryl methyl sites for hydroxylation is 1. The third-order valence-corrected chi connectivity index (χ3v) is 5.85. The highest BCUT2D eigenvalue weighted by Crippen LogP contribution is 2.28. The number of anilines is 1. The van der Waals surface area contributed by atoms with E-state index in [2.05, 4.69) is 5.32 Å². The Hall–Kier alpha value is -4.08. The molecule has 0 unspecified atom stereocenters. The Morgan fingerprint density at radius 3 is 2.46 bits per heavy atom. The maximum Gasteiger partial charge on any atom is 0.278 e. The molecule has 1 aromatic heterocycles. The van der Waals surface area contributed by atoms with Crippen LogP contribution in [0.1, 0.15) is 45.3 Å². The SMILES string of the molecule is CCCc1ccccc1N1CCn2cc(C(=O)NCc3c(F)cc(F)cc3F)c(=O)c(O)c2C1=O. The van der Waals surface area contributed by atoms with Crippen molar-refractivity contribution in [1.82, 2.24) is 9.88 Å². The number of nitrogens with one attached hydrogen (secondary N) is 1. The van der Waals surface area contributed by atoms with Gasteiger partial charge in [-0.05, 0) is 18.1 Å². The molecule has 35 heavy (non-hydrogen) atoms. The summed E-state index contributed by atoms with van der Waals surface area (Å²) in [6.07, 6.45) is 2.74. The van der Waals surface area contributed by atoms with Crippen LogP contribution in [0.15, 0.2) is 47.4 Å². The molecule has 0 radical (unpaired) electrons. The number of carbonyl (C=O) groups is 2. The lowest BCUT2D eigenvalue weighted by molar-refractivity contribution is 0.0934. The fraction of sp³-hybridized carbons (Fsp3) is 0.240. The Morgan fingerprint density at radius 2 is 1.77 bits per heavy atom. The Labute approximate surface area is 198 Å². The lowest BCUT2D eigenvalue weighted by Gasteiger charge is -2.31. The van der Waals surface area contributed by atoms with Crippen molar-refractivity contribution in [3.05, 3.63) is 92.7 Å². The van der Waals surface area contributed by atoms with Crippen molar-refractivity contribution in [1.29, 1.82) is 0 Å². The van der Waals surface area contributed by atoms with Gasteiger partial charge in [0, 0.05) is 49.2 Å². The highest BCUT2D eigenvalue weighted by Gasteiger charge is 2.32. The number of para-hydroxylation sites is 1. The topological polar surface area (TPSA) is 91.6 Å². The molecule has 0 aliphatic carbocycles. The van der Waals surface area contributed by atoms with Crippen molar-refractivity contribution in [3.8, 4) is 5.75 Å². The summed E-state index contributed by atoms with van der Waals surface area (Å²) < 4.78 is 42.1. The van der Waals surface area contributed by atoms with Crippen LogP contribution < -0.4 is 15.6 Å². The Bertz CT molecular complexity index is 1360. The Balaban J connectivity index is 1.62. The minimum atomic E-state index is -1.19. The highest BCUT2D eigenvalue weighted by molar-refractivity contribution is 6.08. The van der Waals surface area contributed by atoms with Crippen molar-refractivity contribution >= 4 is 17.5 Å². The zero-order valence-electron chi connectivity index (χ0n) is 18.8. The van der Waals surface area contributed by atoms with E-state index in [1.165, 1.54) is 9.47 Å². The first-order chi connectivity index (χ1) is 16.7. The minimum absolute atomic E-state index is 0.191. The van der Waals surface area contributed by atoms with Gasteiger partial charge in [0.05, 0.1) is 0 Å². The van der Waals surface area contributed by atoms with Gasteiger partial charge in [-0.25, -0.2) is 13.2 Å². The molecule has 10 heteroatoms. The van der Waals surface area contributed by atoms with Crippen LogP contribution in [-0.2, 0) is 19.5 Å². The van der Waals surface area contributed by atoms with Gasteiger partial charge in [-0.2, -0.15) is 0 Å². The number of carbonyl (C=O) groups excluding carboxylic acids is 2. The van der Waals surface area contributed by atoms with Crippen LogP contribution in [-0.4, -0.2) is 28.0 Å². The van der Waals surface area contributed by atoms with Gasteiger partial charge in [0.25, 0.3) is 11.8 Å². The summed E-state index contributed by atoms with van der Waals surface area (Å²) >= 11 is 0. The van der Waals surface area contributed by atoms with Gasteiger partial charge in [-0.15, -0.1) is 0 Å². The number of halogens is 3. The Kier molecular flexibility index (Phi) is 6.63. The Morgan fingerprint density at radius 1 is 1.09 bits per heavy atom. The molecular weight excluding hydrogens is 463 g/mol. The minimum Gasteiger partial charge on any atom is -0.503 e. The molecule has 0 fully saturated rings. The highest BCUT2D eigenvalue weighted by atomic mass is 19.1. The van der Waals surface area contributed by atoms with E-state index < -0.39 is 58.1 Å². The third kappa shape index (κ3) is 4.51. The number of aromatic nitrogens is 1. The fourth-order valence-electron chi connectivity index (χ4n) is 4.14. The maximum atomic E-state index is 13.8. The van der Waals surface area contributed by atoms with Crippen molar-refractivity contribution in [2.45, 2.75) is 32.9 Å². The average Bonchev–Trinajstić information content (AvgIpc) is 2.81. The van der Waals surface area contributed by atoms with Crippen LogP contribution in [0.3, 0.4) is 0 Å². The first-order valence-electron chi connectivity index (χ1n) is 11.0. The number of aromatic hydroxyl groups is 1. The van der Waals surface area contributed by atoms with Gasteiger partial charge >= 0.3 is 0 Å². The summed E-state index contributed by atoms with van der Waals surface area (Å²) in [6, 6.07) is 8.31. The predicted octanol–water partition coefficient (Wildman–Crippen LogP) is 3.51. The first kappa shape index (κ1) is 24.1. The van der Waals surface area contributed by atoms with E-state index in [9.17, 15) is 32.7 Å². The number of pyridine rings is 1. The van der Waals surface area contributed by atoms with Crippen LogP contribution in [0.4, 0.5) is 18.9 Å². The van der Waals surface area contributed by atoms with E-state index in [1.807, 2.05) is 19.1 Å². The third-order valence-electron chi connectivity index (χ3n) is 5.85.